The Balaban J connectivity index is 1.31. The van der Waals surface area contributed by atoms with Gasteiger partial charge in [-0.15, -0.1) is 11.3 Å². The van der Waals surface area contributed by atoms with Crippen LogP contribution >= 0.6 is 11.3 Å². The van der Waals surface area contributed by atoms with Crippen LogP contribution in [-0.2, 0) is 31.3 Å². The Labute approximate surface area is 215 Å². The molecule has 1 aliphatic rings. The summed E-state index contributed by atoms with van der Waals surface area (Å²) in [4.78, 5) is 16.8. The summed E-state index contributed by atoms with van der Waals surface area (Å²) in [6.07, 6.45) is 3.90. The van der Waals surface area contributed by atoms with Gasteiger partial charge in [0.05, 0.1) is 16.6 Å². The van der Waals surface area contributed by atoms with E-state index >= 15 is 0 Å². The SMILES string of the molecule is O=C(Nc1ccc(S(=O)(=O)Nc2nccs2)cc1)[C@H]1CCCN(S(=O)(=O)CCCc2ccccc2)C1. The van der Waals surface area contributed by atoms with Crippen molar-refractivity contribution in [3.8, 4) is 0 Å². The number of carbonyl (C=O) groups is 1. The number of benzene rings is 2. The van der Waals surface area contributed by atoms with Crippen molar-refractivity contribution in [2.45, 2.75) is 30.6 Å². The van der Waals surface area contributed by atoms with E-state index in [0.717, 1.165) is 5.56 Å². The summed E-state index contributed by atoms with van der Waals surface area (Å²) in [5.41, 5.74) is 1.54. The maximum absolute atomic E-state index is 12.9. The Morgan fingerprint density at radius 2 is 1.81 bits per heavy atom. The van der Waals surface area contributed by atoms with Crippen LogP contribution in [0.4, 0.5) is 10.8 Å². The molecule has 2 aromatic carbocycles. The Bertz CT molecular complexity index is 1360. The van der Waals surface area contributed by atoms with Gasteiger partial charge in [-0.05, 0) is 55.5 Å². The fourth-order valence-corrected chi connectivity index (χ4v) is 7.42. The second kappa shape index (κ2) is 11.5. The highest BCUT2D eigenvalue weighted by atomic mass is 32.2. The molecule has 3 aromatic rings. The van der Waals surface area contributed by atoms with E-state index in [0.29, 0.717) is 37.9 Å². The van der Waals surface area contributed by atoms with E-state index in [-0.39, 0.29) is 28.2 Å². The number of rotatable bonds is 10. The van der Waals surface area contributed by atoms with Crippen LogP contribution in [0.2, 0.25) is 0 Å². The summed E-state index contributed by atoms with van der Waals surface area (Å²) in [6.45, 7) is 0.555. The minimum absolute atomic E-state index is 0.0427. The number of carbonyl (C=O) groups excluding carboxylic acids is 1. The lowest BCUT2D eigenvalue weighted by Gasteiger charge is -2.31. The first kappa shape index (κ1) is 26.3. The molecule has 2 heterocycles. The number of nitrogens with zero attached hydrogens (tertiary/aromatic N) is 2. The lowest BCUT2D eigenvalue weighted by Crippen LogP contribution is -2.44. The number of anilines is 2. The Morgan fingerprint density at radius 1 is 1.06 bits per heavy atom. The lowest BCUT2D eigenvalue weighted by molar-refractivity contribution is -0.120. The molecule has 2 N–H and O–H groups in total. The average Bonchev–Trinajstić information content (AvgIpc) is 3.37. The monoisotopic (exact) mass is 548 g/mol. The van der Waals surface area contributed by atoms with Crippen molar-refractivity contribution < 1.29 is 21.6 Å². The van der Waals surface area contributed by atoms with Gasteiger partial charge in [0.2, 0.25) is 15.9 Å². The first-order valence-electron chi connectivity index (χ1n) is 11.6. The highest BCUT2D eigenvalue weighted by Crippen LogP contribution is 2.23. The second-order valence-corrected chi connectivity index (χ2v) is 13.2. The maximum Gasteiger partial charge on any atom is 0.263 e. The van der Waals surface area contributed by atoms with Crippen molar-refractivity contribution in [3.05, 3.63) is 71.7 Å². The summed E-state index contributed by atoms with van der Waals surface area (Å²) >= 11 is 1.17. The summed E-state index contributed by atoms with van der Waals surface area (Å²) in [7, 11) is -7.25. The van der Waals surface area contributed by atoms with Crippen LogP contribution in [0, 0.1) is 5.92 Å². The smallest absolute Gasteiger partial charge is 0.263 e. The molecule has 192 valence electrons. The molecule has 0 spiro atoms. The molecule has 1 atom stereocenters. The number of hydrogen-bond acceptors (Lipinski definition) is 7. The first-order chi connectivity index (χ1) is 17.2. The van der Waals surface area contributed by atoms with Crippen LogP contribution in [0.5, 0.6) is 0 Å². The zero-order chi connectivity index (χ0) is 25.6. The molecule has 12 heteroatoms. The molecule has 9 nitrogen and oxygen atoms in total. The molecule has 1 fully saturated rings. The van der Waals surface area contributed by atoms with Gasteiger partial charge in [0.1, 0.15) is 0 Å². The molecule has 1 saturated heterocycles. The van der Waals surface area contributed by atoms with Gasteiger partial charge in [0, 0.05) is 30.4 Å². The molecule has 4 rings (SSSR count). The van der Waals surface area contributed by atoms with E-state index in [4.69, 9.17) is 0 Å². The molecule has 1 amide bonds. The summed E-state index contributed by atoms with van der Waals surface area (Å²) in [5.74, 6) is -0.713. The number of piperidine rings is 1. The quantitative estimate of drug-likeness (QED) is 0.399. The number of thiazole rings is 1. The van der Waals surface area contributed by atoms with Crippen LogP contribution in [0.3, 0.4) is 0 Å². The summed E-state index contributed by atoms with van der Waals surface area (Å²) < 4.78 is 54.5. The van der Waals surface area contributed by atoms with Crippen molar-refractivity contribution in [1.29, 1.82) is 0 Å². The third-order valence-corrected chi connectivity index (χ3v) is 10.0. The van der Waals surface area contributed by atoms with E-state index in [2.05, 4.69) is 15.0 Å². The molecule has 0 bridgehead atoms. The number of nitrogens with one attached hydrogen (secondary N) is 2. The molecular formula is C24H28N4O5S3. The number of aryl methyl sites for hydroxylation is 1. The van der Waals surface area contributed by atoms with Crippen molar-refractivity contribution in [3.63, 3.8) is 0 Å². The van der Waals surface area contributed by atoms with Crippen molar-refractivity contribution in [2.75, 3.05) is 28.9 Å². The minimum Gasteiger partial charge on any atom is -0.326 e. The van der Waals surface area contributed by atoms with Crippen molar-refractivity contribution >= 4 is 48.1 Å². The fraction of sp³-hybridized carbons (Fsp3) is 0.333. The highest BCUT2D eigenvalue weighted by molar-refractivity contribution is 7.93. The Kier molecular flexibility index (Phi) is 8.39. The van der Waals surface area contributed by atoms with Crippen LogP contribution in [-0.4, -0.2) is 50.9 Å². The second-order valence-electron chi connectivity index (χ2n) is 8.56. The number of aromatic nitrogens is 1. The average molecular weight is 549 g/mol. The molecule has 36 heavy (non-hydrogen) atoms. The van der Waals surface area contributed by atoms with Crippen molar-refractivity contribution in [1.82, 2.24) is 9.29 Å². The Hall–Kier alpha value is -2.80. The molecule has 0 radical (unpaired) electrons. The maximum atomic E-state index is 12.9. The van der Waals surface area contributed by atoms with E-state index < -0.39 is 26.0 Å². The molecule has 1 aliphatic heterocycles. The number of amides is 1. The minimum atomic E-state index is -3.79. The first-order valence-corrected chi connectivity index (χ1v) is 15.6. The zero-order valence-corrected chi connectivity index (χ0v) is 22.0. The third kappa shape index (κ3) is 6.90. The standard InChI is InChI=1S/C24H28N4O5S3/c29-23(26-21-10-12-22(13-11-21)36(32,33)27-24-25-14-16-34-24)20-9-4-15-28(18-20)35(30,31)17-5-8-19-6-2-1-3-7-19/h1-3,6-7,10-14,16,20H,4-5,8-9,15,17-18H2,(H,25,27)(H,26,29)/t20-/m0/s1. The molecule has 0 aliphatic carbocycles. The van der Waals surface area contributed by atoms with E-state index in [1.807, 2.05) is 30.3 Å². The van der Waals surface area contributed by atoms with Gasteiger partial charge in [0.15, 0.2) is 5.13 Å². The molecular weight excluding hydrogens is 520 g/mol. The summed E-state index contributed by atoms with van der Waals surface area (Å²) in [5, 5.41) is 4.72. The van der Waals surface area contributed by atoms with Crippen LogP contribution in [0.15, 0.2) is 71.1 Å². The molecule has 0 unspecified atom stereocenters. The lowest BCUT2D eigenvalue weighted by atomic mass is 9.99. The van der Waals surface area contributed by atoms with Gasteiger partial charge in [-0.25, -0.2) is 26.1 Å². The van der Waals surface area contributed by atoms with Crippen LogP contribution in [0.1, 0.15) is 24.8 Å². The molecule has 0 saturated carbocycles. The fourth-order valence-electron chi connectivity index (χ4n) is 4.05. The van der Waals surface area contributed by atoms with E-state index in [1.165, 1.54) is 46.1 Å². The van der Waals surface area contributed by atoms with Gasteiger partial charge in [-0.3, -0.25) is 9.52 Å². The van der Waals surface area contributed by atoms with Crippen LogP contribution < -0.4 is 10.0 Å². The van der Waals surface area contributed by atoms with E-state index in [9.17, 15) is 21.6 Å². The largest absolute Gasteiger partial charge is 0.326 e. The van der Waals surface area contributed by atoms with Gasteiger partial charge < -0.3 is 5.32 Å². The number of hydrogen-bond donors (Lipinski definition) is 2. The van der Waals surface area contributed by atoms with E-state index in [1.54, 1.807) is 5.38 Å². The van der Waals surface area contributed by atoms with Crippen LogP contribution in [0.25, 0.3) is 0 Å². The number of sulfonamides is 2. The molecule has 1 aromatic heterocycles. The highest BCUT2D eigenvalue weighted by Gasteiger charge is 2.32. The topological polar surface area (TPSA) is 126 Å². The van der Waals surface area contributed by atoms with Gasteiger partial charge >= 0.3 is 0 Å². The Morgan fingerprint density at radius 3 is 2.50 bits per heavy atom. The van der Waals surface area contributed by atoms with Gasteiger partial charge in [0.25, 0.3) is 10.0 Å². The van der Waals surface area contributed by atoms with Crippen molar-refractivity contribution in [2.24, 2.45) is 5.92 Å². The predicted octanol–water partition coefficient (Wildman–Crippen LogP) is 3.56. The zero-order valence-electron chi connectivity index (χ0n) is 19.5. The summed E-state index contributed by atoms with van der Waals surface area (Å²) in [6, 6.07) is 15.6. The predicted molar refractivity (Wildman–Crippen MR) is 141 cm³/mol. The normalized spacial score (nSPS) is 16.9. The van der Waals surface area contributed by atoms with Gasteiger partial charge in [-0.1, -0.05) is 30.3 Å². The third-order valence-electron chi connectivity index (χ3n) is 5.95. The van der Waals surface area contributed by atoms with Gasteiger partial charge in [-0.2, -0.15) is 0 Å².